The van der Waals surface area contributed by atoms with Gasteiger partial charge in [0, 0.05) is 10.4 Å². The lowest BCUT2D eigenvalue weighted by molar-refractivity contribution is 0.111. The van der Waals surface area contributed by atoms with Gasteiger partial charge in [-0.2, -0.15) is 0 Å². The maximum Gasteiger partial charge on any atom is 0.194 e. The first kappa shape index (κ1) is 13.6. The van der Waals surface area contributed by atoms with Crippen LogP contribution in [0, 0.1) is 6.92 Å². The summed E-state index contributed by atoms with van der Waals surface area (Å²) in [6.07, 6.45) is 2.39. The van der Waals surface area contributed by atoms with Gasteiger partial charge in [0.15, 0.2) is 11.2 Å². The van der Waals surface area contributed by atoms with Crippen molar-refractivity contribution in [2.45, 2.75) is 6.92 Å². The molecule has 0 radical (unpaired) electrons. The van der Waals surface area contributed by atoms with Crippen molar-refractivity contribution in [1.29, 1.82) is 0 Å². The van der Waals surface area contributed by atoms with E-state index in [0.717, 1.165) is 38.9 Å². The molecule has 0 spiro atoms. The zero-order valence-electron chi connectivity index (χ0n) is 11.9. The first-order chi connectivity index (χ1) is 10.2. The summed E-state index contributed by atoms with van der Waals surface area (Å²) in [5, 5.41) is 0. The summed E-state index contributed by atoms with van der Waals surface area (Å²) >= 11 is 1.54. The number of hydrogen-bond donors (Lipinski definition) is 0. The number of aldehydes is 1. The smallest absolute Gasteiger partial charge is 0.194 e. The van der Waals surface area contributed by atoms with Crippen LogP contribution in [0.4, 0.5) is 0 Å². The fraction of sp³-hybridized carbons (Fsp3) is 0.200. The van der Waals surface area contributed by atoms with Gasteiger partial charge in [-0.15, -0.1) is 11.3 Å². The number of imidazole rings is 1. The van der Waals surface area contributed by atoms with Crippen LogP contribution in [0.3, 0.4) is 0 Å². The van der Waals surface area contributed by atoms with Gasteiger partial charge >= 0.3 is 0 Å². The van der Waals surface area contributed by atoms with E-state index in [4.69, 9.17) is 9.47 Å². The number of thiazole rings is 1. The number of ether oxygens (including phenoxy) is 2. The normalized spacial score (nSPS) is 10.8. The van der Waals surface area contributed by atoms with Crippen molar-refractivity contribution in [2.75, 3.05) is 14.2 Å². The van der Waals surface area contributed by atoms with E-state index in [9.17, 15) is 4.79 Å². The lowest BCUT2D eigenvalue weighted by Crippen LogP contribution is -1.96. The molecule has 0 fully saturated rings. The first-order valence-electron chi connectivity index (χ1n) is 6.34. The van der Waals surface area contributed by atoms with Gasteiger partial charge in [0.05, 0.1) is 26.1 Å². The van der Waals surface area contributed by atoms with Crippen molar-refractivity contribution in [1.82, 2.24) is 9.38 Å². The number of methoxy groups -OCH3 is 2. The highest BCUT2D eigenvalue weighted by atomic mass is 32.1. The molecule has 0 aliphatic rings. The highest BCUT2D eigenvalue weighted by Crippen LogP contribution is 2.38. The molecule has 0 saturated carbocycles. The van der Waals surface area contributed by atoms with E-state index in [0.29, 0.717) is 5.69 Å². The van der Waals surface area contributed by atoms with E-state index in [1.54, 1.807) is 20.4 Å². The average molecular weight is 302 g/mol. The van der Waals surface area contributed by atoms with E-state index in [-0.39, 0.29) is 0 Å². The van der Waals surface area contributed by atoms with Crippen molar-refractivity contribution in [3.8, 4) is 22.8 Å². The number of aromatic nitrogens is 2. The quantitative estimate of drug-likeness (QED) is 0.694. The molecule has 2 aromatic heterocycles. The summed E-state index contributed by atoms with van der Waals surface area (Å²) in [6.45, 7) is 2.00. The molecule has 0 N–H and O–H groups in total. The molecule has 0 aliphatic heterocycles. The molecule has 108 valence electrons. The Morgan fingerprint density at radius 3 is 2.76 bits per heavy atom. The van der Waals surface area contributed by atoms with Crippen LogP contribution in [0.15, 0.2) is 24.4 Å². The fourth-order valence-electron chi connectivity index (χ4n) is 2.38. The molecule has 0 atom stereocenters. The lowest BCUT2D eigenvalue weighted by atomic mass is 10.1. The second kappa shape index (κ2) is 5.21. The third-order valence-corrected chi connectivity index (χ3v) is 4.31. The van der Waals surface area contributed by atoms with E-state index in [1.807, 2.05) is 29.5 Å². The third-order valence-electron chi connectivity index (χ3n) is 3.34. The molecule has 3 rings (SSSR count). The molecule has 1 aromatic carbocycles. The number of aryl methyl sites for hydroxylation is 1. The molecule has 3 aromatic rings. The number of carbonyl (C=O) groups is 1. The Morgan fingerprint density at radius 2 is 2.10 bits per heavy atom. The highest BCUT2D eigenvalue weighted by Gasteiger charge is 2.19. The minimum atomic E-state index is 0.522. The van der Waals surface area contributed by atoms with Gasteiger partial charge in [0.25, 0.3) is 0 Å². The van der Waals surface area contributed by atoms with Gasteiger partial charge in [-0.25, -0.2) is 4.98 Å². The van der Waals surface area contributed by atoms with Crippen molar-refractivity contribution in [3.05, 3.63) is 35.0 Å². The molecule has 5 nitrogen and oxygen atoms in total. The Hall–Kier alpha value is -2.34. The second-order valence-electron chi connectivity index (χ2n) is 4.49. The highest BCUT2D eigenvalue weighted by molar-refractivity contribution is 7.17. The number of benzene rings is 1. The molecule has 0 aliphatic carbocycles. The Labute approximate surface area is 125 Å². The van der Waals surface area contributed by atoms with Crippen molar-refractivity contribution in [2.24, 2.45) is 0 Å². The third kappa shape index (κ3) is 2.08. The minimum absolute atomic E-state index is 0.522. The standard InChI is InChI=1S/C15H14N2O3S/c1-9-14(17-10(8-18)7-16-15(17)21-9)12-6-11(19-2)4-5-13(12)20-3/h4-8H,1-3H3. The van der Waals surface area contributed by atoms with Crippen molar-refractivity contribution >= 4 is 22.6 Å². The molecule has 0 saturated heterocycles. The van der Waals surface area contributed by atoms with Crippen LogP contribution < -0.4 is 9.47 Å². The summed E-state index contributed by atoms with van der Waals surface area (Å²) in [5.41, 5.74) is 2.31. The predicted octanol–water partition coefficient (Wildman–Crippen LogP) is 3.20. The van der Waals surface area contributed by atoms with Gasteiger partial charge in [0.2, 0.25) is 0 Å². The van der Waals surface area contributed by atoms with Crippen LogP contribution >= 0.6 is 11.3 Å². The van der Waals surface area contributed by atoms with Crippen LogP contribution in [0.1, 0.15) is 15.4 Å². The maximum absolute atomic E-state index is 11.2. The van der Waals surface area contributed by atoms with Crippen LogP contribution in [0.25, 0.3) is 16.2 Å². The van der Waals surface area contributed by atoms with E-state index in [1.165, 1.54) is 11.3 Å². The summed E-state index contributed by atoms with van der Waals surface area (Å²) < 4.78 is 12.6. The number of hydrogen-bond acceptors (Lipinski definition) is 5. The minimum Gasteiger partial charge on any atom is -0.497 e. The topological polar surface area (TPSA) is 52.8 Å². The Kier molecular flexibility index (Phi) is 3.39. The SMILES string of the molecule is COc1ccc(OC)c(-c2c(C)sc3ncc(C=O)n23)c1. The molecule has 0 unspecified atom stereocenters. The van der Waals surface area contributed by atoms with Gasteiger partial charge in [-0.3, -0.25) is 9.20 Å². The van der Waals surface area contributed by atoms with E-state index < -0.39 is 0 Å². The number of rotatable bonds is 4. The zero-order valence-corrected chi connectivity index (χ0v) is 12.7. The molecular formula is C15H14N2O3S. The number of carbonyl (C=O) groups excluding carboxylic acids is 1. The van der Waals surface area contributed by atoms with Gasteiger partial charge in [0.1, 0.15) is 17.2 Å². The van der Waals surface area contributed by atoms with Crippen LogP contribution in [-0.4, -0.2) is 29.9 Å². The van der Waals surface area contributed by atoms with Crippen LogP contribution in [0.5, 0.6) is 11.5 Å². The van der Waals surface area contributed by atoms with Crippen molar-refractivity contribution in [3.63, 3.8) is 0 Å². The molecular weight excluding hydrogens is 288 g/mol. The second-order valence-corrected chi connectivity index (χ2v) is 5.67. The predicted molar refractivity (Wildman–Crippen MR) is 81.7 cm³/mol. The van der Waals surface area contributed by atoms with Gasteiger partial charge in [-0.05, 0) is 25.1 Å². The Morgan fingerprint density at radius 1 is 1.29 bits per heavy atom. The molecule has 21 heavy (non-hydrogen) atoms. The number of fused-ring (bicyclic) bond motifs is 1. The average Bonchev–Trinajstić information content (AvgIpc) is 3.04. The Bertz CT molecular complexity index is 820. The summed E-state index contributed by atoms with van der Waals surface area (Å²) in [4.78, 5) is 17.4. The Balaban J connectivity index is 2.36. The van der Waals surface area contributed by atoms with E-state index >= 15 is 0 Å². The van der Waals surface area contributed by atoms with Crippen molar-refractivity contribution < 1.29 is 14.3 Å². The molecule has 0 amide bonds. The van der Waals surface area contributed by atoms with Crippen LogP contribution in [-0.2, 0) is 0 Å². The molecule has 6 heteroatoms. The van der Waals surface area contributed by atoms with E-state index in [2.05, 4.69) is 4.98 Å². The maximum atomic E-state index is 11.2. The van der Waals surface area contributed by atoms with Gasteiger partial charge < -0.3 is 9.47 Å². The summed E-state index contributed by atoms with van der Waals surface area (Å²) in [7, 11) is 3.24. The largest absolute Gasteiger partial charge is 0.497 e. The monoisotopic (exact) mass is 302 g/mol. The zero-order chi connectivity index (χ0) is 15.0. The summed E-state index contributed by atoms with van der Waals surface area (Å²) in [5.74, 6) is 1.46. The molecule has 0 bridgehead atoms. The fourth-order valence-corrected chi connectivity index (χ4v) is 3.34. The lowest BCUT2D eigenvalue weighted by Gasteiger charge is -2.11. The first-order valence-corrected chi connectivity index (χ1v) is 7.15. The van der Waals surface area contributed by atoms with Gasteiger partial charge in [-0.1, -0.05) is 0 Å². The molecule has 2 heterocycles. The number of nitrogens with zero attached hydrogens (tertiary/aromatic N) is 2. The summed E-state index contributed by atoms with van der Waals surface area (Å²) in [6, 6.07) is 5.60. The van der Waals surface area contributed by atoms with Crippen LogP contribution in [0.2, 0.25) is 0 Å².